The summed E-state index contributed by atoms with van der Waals surface area (Å²) in [7, 11) is 1.54. The third kappa shape index (κ3) is 2.23. The number of halogens is 1. The Bertz CT molecular complexity index is 301. The number of hydrogen-bond donors (Lipinski definition) is 1. The Morgan fingerprint density at radius 1 is 1.50 bits per heavy atom. The normalized spacial score (nSPS) is 12.6. The van der Waals surface area contributed by atoms with E-state index in [9.17, 15) is 4.39 Å². The van der Waals surface area contributed by atoms with Gasteiger partial charge in [-0.25, -0.2) is 4.39 Å². The predicted molar refractivity (Wildman–Crippen MR) is 55.3 cm³/mol. The van der Waals surface area contributed by atoms with Gasteiger partial charge in [0.1, 0.15) is 12.4 Å². The molecule has 0 aliphatic rings. The van der Waals surface area contributed by atoms with Gasteiger partial charge in [-0.1, -0.05) is 13.0 Å². The van der Waals surface area contributed by atoms with E-state index >= 15 is 0 Å². The average Bonchev–Trinajstić information content (AvgIpc) is 2.26. The highest BCUT2D eigenvalue weighted by Gasteiger charge is 2.07. The molecule has 0 radical (unpaired) electrons. The lowest BCUT2D eigenvalue weighted by Gasteiger charge is -2.12. The van der Waals surface area contributed by atoms with Gasteiger partial charge >= 0.3 is 0 Å². The van der Waals surface area contributed by atoms with E-state index in [0.29, 0.717) is 17.9 Å². The first-order valence-electron chi connectivity index (χ1n) is 4.65. The van der Waals surface area contributed by atoms with E-state index in [2.05, 4.69) is 0 Å². The predicted octanol–water partition coefficient (Wildman–Crippen LogP) is 2.23. The summed E-state index contributed by atoms with van der Waals surface area (Å²) in [6.07, 6.45) is 0. The molecule has 2 nitrogen and oxygen atoms in total. The minimum absolute atomic E-state index is 0.256. The highest BCUT2D eigenvalue weighted by Crippen LogP contribution is 2.24. The van der Waals surface area contributed by atoms with Crippen LogP contribution in [0.1, 0.15) is 24.0 Å². The van der Waals surface area contributed by atoms with Gasteiger partial charge in [0.05, 0.1) is 7.11 Å². The summed E-state index contributed by atoms with van der Waals surface area (Å²) >= 11 is 0. The second kappa shape index (κ2) is 4.96. The van der Waals surface area contributed by atoms with Crippen molar-refractivity contribution >= 4 is 0 Å². The number of benzene rings is 1. The Morgan fingerprint density at radius 2 is 2.21 bits per heavy atom. The standard InChI is InChI=1S/C11H16FNO/c1-8(7-13)9-3-4-11(14-2)10(5-9)6-12/h3-5,8H,6-7,13H2,1-2H3. The molecule has 0 saturated carbocycles. The second-order valence-corrected chi connectivity index (χ2v) is 3.34. The van der Waals surface area contributed by atoms with Crippen molar-refractivity contribution < 1.29 is 9.13 Å². The van der Waals surface area contributed by atoms with Crippen molar-refractivity contribution in [2.75, 3.05) is 13.7 Å². The van der Waals surface area contributed by atoms with Crippen LogP contribution in [0.15, 0.2) is 18.2 Å². The fourth-order valence-corrected chi connectivity index (χ4v) is 1.35. The molecular weight excluding hydrogens is 181 g/mol. The van der Waals surface area contributed by atoms with Crippen molar-refractivity contribution in [3.63, 3.8) is 0 Å². The van der Waals surface area contributed by atoms with Gasteiger partial charge in [0.25, 0.3) is 0 Å². The highest BCUT2D eigenvalue weighted by atomic mass is 19.1. The highest BCUT2D eigenvalue weighted by molar-refractivity contribution is 5.38. The van der Waals surface area contributed by atoms with Crippen LogP contribution < -0.4 is 10.5 Å². The Balaban J connectivity index is 3.01. The van der Waals surface area contributed by atoms with Crippen LogP contribution in [-0.4, -0.2) is 13.7 Å². The van der Waals surface area contributed by atoms with Crippen LogP contribution in [0, 0.1) is 0 Å². The molecule has 0 saturated heterocycles. The smallest absolute Gasteiger partial charge is 0.124 e. The van der Waals surface area contributed by atoms with E-state index in [1.54, 1.807) is 13.2 Å². The first-order valence-corrected chi connectivity index (χ1v) is 4.65. The molecule has 2 N–H and O–H groups in total. The number of alkyl halides is 1. The third-order valence-electron chi connectivity index (χ3n) is 2.37. The summed E-state index contributed by atoms with van der Waals surface area (Å²) < 4.78 is 17.6. The van der Waals surface area contributed by atoms with Crippen molar-refractivity contribution in [2.24, 2.45) is 5.73 Å². The van der Waals surface area contributed by atoms with Gasteiger partial charge < -0.3 is 10.5 Å². The van der Waals surface area contributed by atoms with Crippen LogP contribution in [0.5, 0.6) is 5.75 Å². The molecule has 3 heteroatoms. The SMILES string of the molecule is COc1ccc(C(C)CN)cc1CF. The Morgan fingerprint density at radius 3 is 2.71 bits per heavy atom. The van der Waals surface area contributed by atoms with Crippen LogP contribution >= 0.6 is 0 Å². The lowest BCUT2D eigenvalue weighted by Crippen LogP contribution is -2.09. The summed E-state index contributed by atoms with van der Waals surface area (Å²) in [5.41, 5.74) is 7.19. The minimum atomic E-state index is -0.506. The maximum Gasteiger partial charge on any atom is 0.124 e. The zero-order valence-corrected chi connectivity index (χ0v) is 8.59. The molecule has 1 atom stereocenters. The second-order valence-electron chi connectivity index (χ2n) is 3.34. The molecule has 1 rings (SSSR count). The van der Waals surface area contributed by atoms with Crippen LogP contribution in [0.4, 0.5) is 4.39 Å². The zero-order chi connectivity index (χ0) is 10.6. The van der Waals surface area contributed by atoms with Gasteiger partial charge in [0.2, 0.25) is 0 Å². The molecule has 0 fully saturated rings. The fraction of sp³-hybridized carbons (Fsp3) is 0.455. The van der Waals surface area contributed by atoms with Crippen molar-refractivity contribution in [1.82, 2.24) is 0 Å². The largest absolute Gasteiger partial charge is 0.496 e. The Hall–Kier alpha value is -1.09. The summed E-state index contributed by atoms with van der Waals surface area (Å²) in [5, 5.41) is 0. The van der Waals surface area contributed by atoms with E-state index in [1.165, 1.54) is 0 Å². The van der Waals surface area contributed by atoms with Gasteiger partial charge in [0, 0.05) is 5.56 Å². The first-order chi connectivity index (χ1) is 6.72. The molecule has 0 aromatic heterocycles. The number of hydrogen-bond acceptors (Lipinski definition) is 2. The molecule has 1 unspecified atom stereocenters. The lowest BCUT2D eigenvalue weighted by atomic mass is 9.99. The van der Waals surface area contributed by atoms with Crippen molar-refractivity contribution in [3.8, 4) is 5.75 Å². The van der Waals surface area contributed by atoms with Crippen molar-refractivity contribution in [3.05, 3.63) is 29.3 Å². The fourth-order valence-electron chi connectivity index (χ4n) is 1.35. The van der Waals surface area contributed by atoms with E-state index in [0.717, 1.165) is 5.56 Å². The number of ether oxygens (including phenoxy) is 1. The van der Waals surface area contributed by atoms with Gasteiger partial charge in [0.15, 0.2) is 0 Å². The molecule has 1 aromatic carbocycles. The Labute approximate surface area is 83.9 Å². The molecule has 0 heterocycles. The first kappa shape index (κ1) is 11.0. The average molecular weight is 197 g/mol. The summed E-state index contributed by atoms with van der Waals surface area (Å²) in [4.78, 5) is 0. The summed E-state index contributed by atoms with van der Waals surface area (Å²) in [5.74, 6) is 0.853. The van der Waals surface area contributed by atoms with E-state index < -0.39 is 6.67 Å². The van der Waals surface area contributed by atoms with E-state index in [4.69, 9.17) is 10.5 Å². The number of rotatable bonds is 4. The van der Waals surface area contributed by atoms with Gasteiger partial charge in [-0.2, -0.15) is 0 Å². The molecule has 0 aliphatic heterocycles. The molecular formula is C11H16FNO. The molecule has 1 aromatic rings. The number of methoxy groups -OCH3 is 1. The molecule has 0 spiro atoms. The van der Waals surface area contributed by atoms with Crippen LogP contribution in [0.2, 0.25) is 0 Å². The molecule has 0 bridgehead atoms. The molecule has 0 aliphatic carbocycles. The molecule has 0 amide bonds. The molecule has 14 heavy (non-hydrogen) atoms. The van der Waals surface area contributed by atoms with Gasteiger partial charge in [-0.3, -0.25) is 0 Å². The van der Waals surface area contributed by atoms with Crippen molar-refractivity contribution in [1.29, 1.82) is 0 Å². The van der Waals surface area contributed by atoms with Crippen LogP contribution in [0.3, 0.4) is 0 Å². The minimum Gasteiger partial charge on any atom is -0.496 e. The monoisotopic (exact) mass is 197 g/mol. The summed E-state index contributed by atoms with van der Waals surface area (Å²) in [6.45, 7) is 2.08. The third-order valence-corrected chi connectivity index (χ3v) is 2.37. The topological polar surface area (TPSA) is 35.2 Å². The maximum atomic E-state index is 12.6. The quantitative estimate of drug-likeness (QED) is 0.803. The van der Waals surface area contributed by atoms with Gasteiger partial charge in [-0.15, -0.1) is 0 Å². The Kier molecular flexibility index (Phi) is 3.89. The number of nitrogens with two attached hydrogens (primary N) is 1. The summed E-state index contributed by atoms with van der Waals surface area (Å²) in [6, 6.07) is 5.53. The molecule has 78 valence electrons. The maximum absolute atomic E-state index is 12.6. The lowest BCUT2D eigenvalue weighted by molar-refractivity contribution is 0.393. The van der Waals surface area contributed by atoms with Gasteiger partial charge in [-0.05, 0) is 30.2 Å². The van der Waals surface area contributed by atoms with Crippen LogP contribution in [-0.2, 0) is 6.67 Å². The van der Waals surface area contributed by atoms with Crippen LogP contribution in [0.25, 0.3) is 0 Å². The van der Waals surface area contributed by atoms with E-state index in [-0.39, 0.29) is 5.92 Å². The van der Waals surface area contributed by atoms with E-state index in [1.807, 2.05) is 19.1 Å². The zero-order valence-electron chi connectivity index (χ0n) is 8.59. The van der Waals surface area contributed by atoms with Crippen molar-refractivity contribution in [2.45, 2.75) is 19.5 Å².